The van der Waals surface area contributed by atoms with Crippen molar-refractivity contribution in [3.63, 3.8) is 0 Å². The first kappa shape index (κ1) is 16.2. The first-order valence-electron chi connectivity index (χ1n) is 8.16. The van der Waals surface area contributed by atoms with Crippen molar-refractivity contribution in [2.24, 2.45) is 0 Å². The maximum Gasteiger partial charge on any atom is 0.335 e. The number of aromatic carboxylic acids is 1. The third kappa shape index (κ3) is 3.64. The molecule has 2 aromatic rings. The number of rotatable bonds is 4. The fourth-order valence-corrected chi connectivity index (χ4v) is 2.89. The molecule has 0 saturated carbocycles. The molecule has 1 aliphatic heterocycles. The van der Waals surface area contributed by atoms with Crippen molar-refractivity contribution in [1.29, 1.82) is 0 Å². The fourth-order valence-electron chi connectivity index (χ4n) is 2.89. The minimum atomic E-state index is -0.958. The van der Waals surface area contributed by atoms with Crippen LogP contribution in [0.15, 0.2) is 30.3 Å². The van der Waals surface area contributed by atoms with E-state index in [4.69, 9.17) is 9.84 Å². The number of piperidine rings is 1. The van der Waals surface area contributed by atoms with Crippen molar-refractivity contribution in [3.8, 4) is 11.6 Å². The average Bonchev–Trinajstić information content (AvgIpc) is 2.55. The van der Waals surface area contributed by atoms with E-state index in [0.717, 1.165) is 25.1 Å². The quantitative estimate of drug-likeness (QED) is 0.923. The molecule has 1 aliphatic rings. The van der Waals surface area contributed by atoms with Crippen LogP contribution < -0.4 is 9.64 Å². The number of hydrogen-bond donors (Lipinski definition) is 1. The summed E-state index contributed by atoms with van der Waals surface area (Å²) >= 11 is 0. The molecule has 6 nitrogen and oxygen atoms in total. The lowest BCUT2D eigenvalue weighted by molar-refractivity contribution is 0.0697. The molecule has 0 radical (unpaired) electrons. The van der Waals surface area contributed by atoms with Crippen LogP contribution in [0.4, 0.5) is 5.95 Å². The molecule has 0 aliphatic carbocycles. The highest BCUT2D eigenvalue weighted by Gasteiger charge is 2.21. The SMILES string of the molecule is Cc1cc(Oc2ccc(C(=O)O)cc2)nc(N2CCCCC2C)n1. The second-order valence-electron chi connectivity index (χ2n) is 6.12. The Morgan fingerprint density at radius 3 is 2.67 bits per heavy atom. The van der Waals surface area contributed by atoms with Gasteiger partial charge in [-0.2, -0.15) is 4.98 Å². The number of anilines is 1. The van der Waals surface area contributed by atoms with Gasteiger partial charge in [-0.1, -0.05) is 0 Å². The topological polar surface area (TPSA) is 75.6 Å². The molecule has 1 aromatic heterocycles. The number of nitrogens with zero attached hydrogens (tertiary/aromatic N) is 3. The zero-order valence-corrected chi connectivity index (χ0v) is 13.9. The maximum atomic E-state index is 10.9. The Hall–Kier alpha value is -2.63. The van der Waals surface area contributed by atoms with E-state index in [2.05, 4.69) is 21.8 Å². The molecule has 3 rings (SSSR count). The molecule has 0 bridgehead atoms. The maximum absolute atomic E-state index is 10.9. The molecule has 1 aromatic carbocycles. The molecule has 0 spiro atoms. The summed E-state index contributed by atoms with van der Waals surface area (Å²) in [4.78, 5) is 22.2. The number of carboxylic acids is 1. The highest BCUT2D eigenvalue weighted by atomic mass is 16.5. The lowest BCUT2D eigenvalue weighted by Crippen LogP contribution is -2.38. The molecule has 1 atom stereocenters. The van der Waals surface area contributed by atoms with Gasteiger partial charge in [0.15, 0.2) is 0 Å². The summed E-state index contributed by atoms with van der Waals surface area (Å²) in [5.74, 6) is 0.759. The van der Waals surface area contributed by atoms with Gasteiger partial charge in [0.2, 0.25) is 11.8 Å². The number of ether oxygens (including phenoxy) is 1. The minimum absolute atomic E-state index is 0.226. The van der Waals surface area contributed by atoms with E-state index in [-0.39, 0.29) is 5.56 Å². The Balaban J connectivity index is 1.82. The molecular weight excluding hydrogens is 306 g/mol. The zero-order valence-electron chi connectivity index (χ0n) is 13.9. The third-order valence-electron chi connectivity index (χ3n) is 4.20. The molecule has 0 amide bonds. The van der Waals surface area contributed by atoms with Crippen molar-refractivity contribution in [2.75, 3.05) is 11.4 Å². The number of aromatic nitrogens is 2. The van der Waals surface area contributed by atoms with E-state index < -0.39 is 5.97 Å². The minimum Gasteiger partial charge on any atom is -0.478 e. The van der Waals surface area contributed by atoms with Crippen LogP contribution in [-0.4, -0.2) is 33.6 Å². The Morgan fingerprint density at radius 2 is 2.00 bits per heavy atom. The van der Waals surface area contributed by atoms with E-state index in [9.17, 15) is 4.79 Å². The zero-order chi connectivity index (χ0) is 17.1. The van der Waals surface area contributed by atoms with Crippen molar-refractivity contribution < 1.29 is 14.6 Å². The van der Waals surface area contributed by atoms with Gasteiger partial charge in [0.05, 0.1) is 5.56 Å². The Labute approximate surface area is 141 Å². The van der Waals surface area contributed by atoms with Crippen LogP contribution in [-0.2, 0) is 0 Å². The molecule has 24 heavy (non-hydrogen) atoms. The summed E-state index contributed by atoms with van der Waals surface area (Å²) < 4.78 is 5.79. The lowest BCUT2D eigenvalue weighted by atomic mass is 10.0. The molecule has 1 fully saturated rings. The van der Waals surface area contributed by atoms with Gasteiger partial charge >= 0.3 is 5.97 Å². The van der Waals surface area contributed by atoms with Crippen molar-refractivity contribution in [2.45, 2.75) is 39.2 Å². The van der Waals surface area contributed by atoms with Crippen LogP contribution in [0.3, 0.4) is 0 Å². The largest absolute Gasteiger partial charge is 0.478 e. The molecule has 126 valence electrons. The molecule has 2 heterocycles. The summed E-state index contributed by atoms with van der Waals surface area (Å²) in [6, 6.07) is 8.49. The van der Waals surface area contributed by atoms with E-state index in [1.54, 1.807) is 18.2 Å². The number of hydrogen-bond acceptors (Lipinski definition) is 5. The monoisotopic (exact) mass is 327 g/mol. The van der Waals surface area contributed by atoms with Crippen LogP contribution in [0.2, 0.25) is 0 Å². The second kappa shape index (κ2) is 6.86. The highest BCUT2D eigenvalue weighted by Crippen LogP contribution is 2.26. The van der Waals surface area contributed by atoms with Gasteiger partial charge < -0.3 is 14.7 Å². The smallest absolute Gasteiger partial charge is 0.335 e. The van der Waals surface area contributed by atoms with Gasteiger partial charge in [0.1, 0.15) is 5.75 Å². The van der Waals surface area contributed by atoms with Gasteiger partial charge in [-0.25, -0.2) is 9.78 Å². The Morgan fingerprint density at radius 1 is 1.25 bits per heavy atom. The summed E-state index contributed by atoms with van der Waals surface area (Å²) in [6.07, 6.45) is 3.53. The van der Waals surface area contributed by atoms with Crippen LogP contribution in [0.1, 0.15) is 42.2 Å². The summed E-state index contributed by atoms with van der Waals surface area (Å²) in [6.45, 7) is 5.06. The van der Waals surface area contributed by atoms with Crippen LogP contribution in [0.25, 0.3) is 0 Å². The van der Waals surface area contributed by atoms with Crippen molar-refractivity contribution in [3.05, 3.63) is 41.6 Å². The molecular formula is C18H21N3O3. The van der Waals surface area contributed by atoms with Gasteiger partial charge in [0.25, 0.3) is 0 Å². The average molecular weight is 327 g/mol. The Bertz CT molecular complexity index is 731. The van der Waals surface area contributed by atoms with E-state index >= 15 is 0 Å². The predicted molar refractivity (Wildman–Crippen MR) is 90.9 cm³/mol. The van der Waals surface area contributed by atoms with Gasteiger partial charge in [0, 0.05) is 24.3 Å². The molecule has 1 saturated heterocycles. The van der Waals surface area contributed by atoms with E-state index in [1.807, 2.05) is 6.92 Å². The van der Waals surface area contributed by atoms with Crippen molar-refractivity contribution >= 4 is 11.9 Å². The number of carbonyl (C=O) groups is 1. The normalized spacial score (nSPS) is 17.6. The first-order valence-corrected chi connectivity index (χ1v) is 8.16. The number of benzene rings is 1. The summed E-state index contributed by atoms with van der Waals surface area (Å²) in [5, 5.41) is 8.94. The highest BCUT2D eigenvalue weighted by molar-refractivity contribution is 5.87. The molecule has 6 heteroatoms. The van der Waals surface area contributed by atoms with Gasteiger partial charge in [-0.15, -0.1) is 0 Å². The van der Waals surface area contributed by atoms with E-state index in [0.29, 0.717) is 23.6 Å². The number of carboxylic acid groups (broad SMARTS) is 1. The van der Waals surface area contributed by atoms with Crippen LogP contribution in [0.5, 0.6) is 11.6 Å². The predicted octanol–water partition coefficient (Wildman–Crippen LogP) is 3.65. The first-order chi connectivity index (χ1) is 11.5. The molecule has 1 N–H and O–H groups in total. The van der Waals surface area contributed by atoms with Crippen LogP contribution >= 0.6 is 0 Å². The number of aryl methyl sites for hydroxylation is 1. The van der Waals surface area contributed by atoms with Crippen LogP contribution in [0, 0.1) is 6.92 Å². The standard InChI is InChI=1S/C18H21N3O3/c1-12-11-16(24-15-8-6-14(7-9-15)17(22)23)20-18(19-12)21-10-4-3-5-13(21)2/h6-9,11,13H,3-5,10H2,1-2H3,(H,22,23). The lowest BCUT2D eigenvalue weighted by Gasteiger charge is -2.33. The third-order valence-corrected chi connectivity index (χ3v) is 4.20. The molecule has 1 unspecified atom stereocenters. The summed E-state index contributed by atoms with van der Waals surface area (Å²) in [7, 11) is 0. The summed E-state index contributed by atoms with van der Waals surface area (Å²) in [5.41, 5.74) is 1.07. The van der Waals surface area contributed by atoms with Crippen molar-refractivity contribution in [1.82, 2.24) is 9.97 Å². The second-order valence-corrected chi connectivity index (χ2v) is 6.12. The van der Waals surface area contributed by atoms with Gasteiger partial charge in [-0.05, 0) is 57.4 Å². The van der Waals surface area contributed by atoms with Gasteiger partial charge in [-0.3, -0.25) is 0 Å². The van der Waals surface area contributed by atoms with E-state index in [1.165, 1.54) is 18.6 Å². The fraction of sp³-hybridized carbons (Fsp3) is 0.389. The Kier molecular flexibility index (Phi) is 4.64.